The summed E-state index contributed by atoms with van der Waals surface area (Å²) in [5.74, 6) is 0. The topological polar surface area (TPSA) is 34.1 Å². The molecule has 0 fully saturated rings. The molecular weight excluding hydrogens is 244 g/mol. The summed E-state index contributed by atoms with van der Waals surface area (Å²) in [5, 5.41) is 6.99. The highest BCUT2D eigenvalue weighted by molar-refractivity contribution is 7.09. The van der Waals surface area contributed by atoms with E-state index in [9.17, 15) is 0 Å². The van der Waals surface area contributed by atoms with Crippen LogP contribution in [0.1, 0.15) is 43.8 Å². The van der Waals surface area contributed by atoms with Crippen LogP contribution in [0.4, 0.5) is 0 Å². The van der Waals surface area contributed by atoms with Crippen LogP contribution in [0.15, 0.2) is 5.38 Å². The molecule has 4 heteroatoms. The molecule has 0 aliphatic heterocycles. The van der Waals surface area contributed by atoms with Gasteiger partial charge >= 0.3 is 0 Å². The van der Waals surface area contributed by atoms with Crippen molar-refractivity contribution in [3.05, 3.63) is 16.1 Å². The molecule has 0 saturated heterocycles. The van der Waals surface area contributed by atoms with E-state index in [0.29, 0.717) is 12.1 Å². The Kier molecular flexibility index (Phi) is 7.47. The second kappa shape index (κ2) is 8.62. The molecule has 0 aromatic carbocycles. The van der Waals surface area contributed by atoms with Crippen LogP contribution < -0.4 is 5.32 Å². The molecule has 3 nitrogen and oxygen atoms in total. The lowest BCUT2D eigenvalue weighted by atomic mass is 10.1. The Bertz CT molecular complexity index is 327. The average Bonchev–Trinajstić information content (AvgIpc) is 2.77. The van der Waals surface area contributed by atoms with Crippen molar-refractivity contribution in [2.45, 2.75) is 58.6 Å². The van der Waals surface area contributed by atoms with Gasteiger partial charge in [0.1, 0.15) is 0 Å². The van der Waals surface area contributed by atoms with E-state index < -0.39 is 0 Å². The van der Waals surface area contributed by atoms with Crippen LogP contribution in [0.2, 0.25) is 0 Å². The molecule has 1 heterocycles. The molecule has 0 amide bonds. The van der Waals surface area contributed by atoms with Crippen LogP contribution in [0.25, 0.3) is 0 Å². The number of nitrogens with one attached hydrogen (secondary N) is 1. The van der Waals surface area contributed by atoms with Crippen LogP contribution in [0, 0.1) is 6.92 Å². The lowest BCUT2D eigenvalue weighted by Crippen LogP contribution is -2.32. The summed E-state index contributed by atoms with van der Waals surface area (Å²) in [6, 6.07) is 0.521. The van der Waals surface area contributed by atoms with Crippen molar-refractivity contribution < 1.29 is 4.74 Å². The fraction of sp³-hybridized carbons (Fsp3) is 0.786. The molecule has 2 atom stereocenters. The molecule has 0 aliphatic carbocycles. The zero-order chi connectivity index (χ0) is 13.4. The van der Waals surface area contributed by atoms with Crippen molar-refractivity contribution in [1.29, 1.82) is 0 Å². The first-order chi connectivity index (χ1) is 8.65. The van der Waals surface area contributed by atoms with Gasteiger partial charge in [-0.3, -0.25) is 0 Å². The third-order valence-electron chi connectivity index (χ3n) is 3.09. The third-order valence-corrected chi connectivity index (χ3v) is 4.08. The monoisotopic (exact) mass is 270 g/mol. The van der Waals surface area contributed by atoms with Crippen LogP contribution >= 0.6 is 11.3 Å². The second-order valence-electron chi connectivity index (χ2n) is 4.86. The number of hydrogen-bond donors (Lipinski definition) is 1. The van der Waals surface area contributed by atoms with Gasteiger partial charge in [-0.05, 0) is 39.7 Å². The zero-order valence-electron chi connectivity index (χ0n) is 12.0. The molecule has 1 rings (SSSR count). The predicted molar refractivity (Wildman–Crippen MR) is 78.3 cm³/mol. The van der Waals surface area contributed by atoms with Gasteiger partial charge in [-0.2, -0.15) is 0 Å². The summed E-state index contributed by atoms with van der Waals surface area (Å²) >= 11 is 1.77. The van der Waals surface area contributed by atoms with Gasteiger partial charge in [-0.25, -0.2) is 4.98 Å². The molecule has 104 valence electrons. The van der Waals surface area contributed by atoms with Crippen molar-refractivity contribution in [2.24, 2.45) is 0 Å². The summed E-state index contributed by atoms with van der Waals surface area (Å²) in [6.07, 6.45) is 4.80. The molecule has 0 aliphatic rings. The maximum absolute atomic E-state index is 5.32. The van der Waals surface area contributed by atoms with Gasteiger partial charge in [0.25, 0.3) is 0 Å². The van der Waals surface area contributed by atoms with E-state index in [4.69, 9.17) is 4.74 Å². The van der Waals surface area contributed by atoms with Gasteiger partial charge in [-0.15, -0.1) is 11.3 Å². The number of methoxy groups -OCH3 is 1. The number of ether oxygens (including phenoxy) is 1. The number of nitrogens with zero attached hydrogens (tertiary/aromatic N) is 1. The van der Waals surface area contributed by atoms with Crippen molar-refractivity contribution >= 4 is 11.3 Å². The summed E-state index contributed by atoms with van der Waals surface area (Å²) in [4.78, 5) is 4.55. The molecule has 0 saturated carbocycles. The molecular formula is C14H26N2OS. The number of hydrogen-bond acceptors (Lipinski definition) is 4. The first kappa shape index (κ1) is 15.6. The quantitative estimate of drug-likeness (QED) is 0.748. The second-order valence-corrected chi connectivity index (χ2v) is 5.80. The van der Waals surface area contributed by atoms with E-state index in [1.54, 1.807) is 18.4 Å². The maximum Gasteiger partial charge on any atom is 0.0943 e. The molecule has 18 heavy (non-hydrogen) atoms. The van der Waals surface area contributed by atoms with Gasteiger partial charge in [0, 0.05) is 30.6 Å². The third kappa shape index (κ3) is 5.94. The van der Waals surface area contributed by atoms with Crippen molar-refractivity contribution in [3.63, 3.8) is 0 Å². The van der Waals surface area contributed by atoms with Crippen molar-refractivity contribution in [3.8, 4) is 0 Å². The Hall–Kier alpha value is -0.450. The minimum absolute atomic E-state index is 0.342. The highest BCUT2D eigenvalue weighted by Gasteiger charge is 2.12. The van der Waals surface area contributed by atoms with E-state index in [0.717, 1.165) is 31.5 Å². The summed E-state index contributed by atoms with van der Waals surface area (Å²) < 4.78 is 5.32. The van der Waals surface area contributed by atoms with E-state index in [1.807, 2.05) is 0 Å². The highest BCUT2D eigenvalue weighted by atomic mass is 32.1. The molecule has 1 aromatic rings. The predicted octanol–water partition coefficient (Wildman–Crippen LogP) is 3.18. The lowest BCUT2D eigenvalue weighted by molar-refractivity contribution is 0.106. The summed E-state index contributed by atoms with van der Waals surface area (Å²) in [7, 11) is 1.78. The van der Waals surface area contributed by atoms with E-state index in [2.05, 4.69) is 36.5 Å². The van der Waals surface area contributed by atoms with Crippen molar-refractivity contribution in [2.75, 3.05) is 13.7 Å². The first-order valence-electron chi connectivity index (χ1n) is 6.82. The molecule has 0 spiro atoms. The minimum Gasteiger partial charge on any atom is -0.382 e. The fourth-order valence-corrected chi connectivity index (χ4v) is 2.74. The van der Waals surface area contributed by atoms with Gasteiger partial charge in [0.2, 0.25) is 0 Å². The van der Waals surface area contributed by atoms with Crippen LogP contribution in [0.3, 0.4) is 0 Å². The average molecular weight is 270 g/mol. The summed E-state index contributed by atoms with van der Waals surface area (Å²) in [5.41, 5.74) is 1.13. The Morgan fingerprint density at radius 3 is 2.78 bits per heavy atom. The molecule has 0 radical (unpaired) electrons. The van der Waals surface area contributed by atoms with Gasteiger partial charge < -0.3 is 10.1 Å². The van der Waals surface area contributed by atoms with Crippen LogP contribution in [-0.2, 0) is 11.2 Å². The Morgan fingerprint density at radius 2 is 2.22 bits per heavy atom. The number of thiazole rings is 1. The van der Waals surface area contributed by atoms with Crippen LogP contribution in [-0.4, -0.2) is 30.8 Å². The van der Waals surface area contributed by atoms with Gasteiger partial charge in [-0.1, -0.05) is 6.92 Å². The van der Waals surface area contributed by atoms with Gasteiger partial charge in [0.15, 0.2) is 0 Å². The summed E-state index contributed by atoms with van der Waals surface area (Å²) in [6.45, 7) is 7.47. The Morgan fingerprint density at radius 1 is 1.44 bits per heavy atom. The number of aryl methyl sites for hydroxylation is 1. The van der Waals surface area contributed by atoms with Crippen molar-refractivity contribution in [1.82, 2.24) is 10.3 Å². The van der Waals surface area contributed by atoms with E-state index >= 15 is 0 Å². The molecule has 1 N–H and O–H groups in total. The zero-order valence-corrected chi connectivity index (χ0v) is 12.8. The maximum atomic E-state index is 5.32. The van der Waals surface area contributed by atoms with E-state index in [-0.39, 0.29) is 0 Å². The SMILES string of the molecule is CCCNC(CCC(C)OC)Cc1nc(C)cs1. The standard InChI is InChI=1S/C14H26N2OS/c1-5-8-15-13(7-6-12(3)17-4)9-14-16-11(2)10-18-14/h10,12-13,15H,5-9H2,1-4H3. The molecule has 0 bridgehead atoms. The first-order valence-corrected chi connectivity index (χ1v) is 7.70. The Labute approximate surface area is 115 Å². The lowest BCUT2D eigenvalue weighted by Gasteiger charge is -2.19. The fourth-order valence-electron chi connectivity index (χ4n) is 1.89. The normalized spacial score (nSPS) is 14.7. The Balaban J connectivity index is 2.44. The molecule has 2 unspecified atom stereocenters. The van der Waals surface area contributed by atoms with E-state index in [1.165, 1.54) is 11.4 Å². The minimum atomic E-state index is 0.342. The molecule has 1 aromatic heterocycles. The number of rotatable bonds is 9. The van der Waals surface area contributed by atoms with Crippen LogP contribution in [0.5, 0.6) is 0 Å². The van der Waals surface area contributed by atoms with Gasteiger partial charge in [0.05, 0.1) is 11.1 Å². The largest absolute Gasteiger partial charge is 0.382 e. The highest BCUT2D eigenvalue weighted by Crippen LogP contribution is 2.14. The smallest absolute Gasteiger partial charge is 0.0943 e. The number of aromatic nitrogens is 1.